The van der Waals surface area contributed by atoms with Crippen molar-refractivity contribution < 1.29 is 13.5 Å². The molecule has 0 aliphatic rings. The fourth-order valence-electron chi connectivity index (χ4n) is 1.39. The first-order chi connectivity index (χ1) is 8.60. The van der Waals surface area contributed by atoms with Crippen LogP contribution in [-0.2, 0) is 0 Å². The smallest absolute Gasteiger partial charge is 0.167 e. The van der Waals surface area contributed by atoms with E-state index in [4.69, 9.17) is 4.74 Å². The van der Waals surface area contributed by atoms with Crippen molar-refractivity contribution in [1.29, 1.82) is 0 Å². The highest BCUT2D eigenvalue weighted by Gasteiger charge is 2.07. The van der Waals surface area contributed by atoms with Crippen LogP contribution >= 0.6 is 15.9 Å². The zero-order valence-corrected chi connectivity index (χ0v) is 11.0. The molecule has 1 N–H and O–H groups in total. The third-order valence-corrected chi connectivity index (χ3v) is 2.66. The molecule has 18 heavy (non-hydrogen) atoms. The van der Waals surface area contributed by atoms with E-state index in [2.05, 4.69) is 26.2 Å². The van der Waals surface area contributed by atoms with Crippen molar-refractivity contribution >= 4 is 27.4 Å². The Morgan fingerprint density at radius 3 is 2.61 bits per heavy atom. The molecule has 0 unspecified atom stereocenters. The standard InChI is InChI=1S/C12H9BrF2N2O/c1-18-11-3-2-8(5-9(11)14)17-12-10(15)4-7(13)6-16-12/h2-6H,1H3,(H,16,17). The van der Waals surface area contributed by atoms with Gasteiger partial charge in [-0.25, -0.2) is 13.8 Å². The normalized spacial score (nSPS) is 10.2. The van der Waals surface area contributed by atoms with Crippen molar-refractivity contribution in [3.05, 3.63) is 46.6 Å². The number of hydrogen-bond donors (Lipinski definition) is 1. The highest BCUT2D eigenvalue weighted by Crippen LogP contribution is 2.24. The molecule has 0 atom stereocenters. The minimum absolute atomic E-state index is 0.0303. The molecular formula is C12H9BrF2N2O. The maximum absolute atomic E-state index is 13.5. The first-order valence-corrected chi connectivity index (χ1v) is 5.81. The predicted molar refractivity (Wildman–Crippen MR) is 68.1 cm³/mol. The molecule has 0 amide bonds. The van der Waals surface area contributed by atoms with E-state index in [0.717, 1.165) is 0 Å². The third-order valence-electron chi connectivity index (χ3n) is 2.22. The van der Waals surface area contributed by atoms with Gasteiger partial charge in [-0.1, -0.05) is 0 Å². The first kappa shape index (κ1) is 12.8. The lowest BCUT2D eigenvalue weighted by Crippen LogP contribution is -1.98. The van der Waals surface area contributed by atoms with E-state index in [-0.39, 0.29) is 11.6 Å². The minimum Gasteiger partial charge on any atom is -0.494 e. The van der Waals surface area contributed by atoms with Crippen LogP contribution in [0.3, 0.4) is 0 Å². The Morgan fingerprint density at radius 2 is 2.00 bits per heavy atom. The molecule has 3 nitrogen and oxygen atoms in total. The van der Waals surface area contributed by atoms with Gasteiger partial charge in [-0.3, -0.25) is 0 Å². The summed E-state index contributed by atoms with van der Waals surface area (Å²) >= 11 is 3.11. The van der Waals surface area contributed by atoms with Crippen molar-refractivity contribution in [2.24, 2.45) is 0 Å². The van der Waals surface area contributed by atoms with E-state index in [1.54, 1.807) is 6.07 Å². The van der Waals surface area contributed by atoms with E-state index in [0.29, 0.717) is 10.2 Å². The zero-order valence-electron chi connectivity index (χ0n) is 9.38. The van der Waals surface area contributed by atoms with Gasteiger partial charge in [0.25, 0.3) is 0 Å². The summed E-state index contributed by atoms with van der Waals surface area (Å²) in [6.45, 7) is 0. The van der Waals surface area contributed by atoms with Crippen LogP contribution < -0.4 is 10.1 Å². The van der Waals surface area contributed by atoms with Crippen LogP contribution in [0, 0.1) is 11.6 Å². The Kier molecular flexibility index (Phi) is 3.76. The topological polar surface area (TPSA) is 34.1 Å². The minimum atomic E-state index is -0.528. The lowest BCUT2D eigenvalue weighted by molar-refractivity contribution is 0.386. The summed E-state index contributed by atoms with van der Waals surface area (Å²) in [5.74, 6) is -0.895. The molecule has 2 rings (SSSR count). The van der Waals surface area contributed by atoms with Crippen LogP contribution in [0.2, 0.25) is 0 Å². The molecule has 6 heteroatoms. The highest BCUT2D eigenvalue weighted by molar-refractivity contribution is 9.10. The monoisotopic (exact) mass is 314 g/mol. The van der Waals surface area contributed by atoms with Crippen molar-refractivity contribution in [3.63, 3.8) is 0 Å². The van der Waals surface area contributed by atoms with Crippen LogP contribution in [0.1, 0.15) is 0 Å². The molecular weight excluding hydrogens is 306 g/mol. The molecule has 0 bridgehead atoms. The summed E-state index contributed by atoms with van der Waals surface area (Å²) in [7, 11) is 1.38. The number of methoxy groups -OCH3 is 1. The van der Waals surface area contributed by atoms with Crippen molar-refractivity contribution in [2.75, 3.05) is 12.4 Å². The molecule has 2 aromatic rings. The van der Waals surface area contributed by atoms with Crippen molar-refractivity contribution in [3.8, 4) is 5.75 Å². The Morgan fingerprint density at radius 1 is 1.22 bits per heavy atom. The fraction of sp³-hybridized carbons (Fsp3) is 0.0833. The summed E-state index contributed by atoms with van der Waals surface area (Å²) in [5.41, 5.74) is 0.391. The summed E-state index contributed by atoms with van der Waals surface area (Å²) in [6, 6.07) is 5.51. The molecule has 0 saturated carbocycles. The average molecular weight is 315 g/mol. The lowest BCUT2D eigenvalue weighted by Gasteiger charge is -2.08. The molecule has 94 valence electrons. The van der Waals surface area contributed by atoms with Gasteiger partial charge in [-0.15, -0.1) is 0 Å². The SMILES string of the molecule is COc1ccc(Nc2ncc(Br)cc2F)cc1F. The van der Waals surface area contributed by atoms with Crippen LogP contribution in [0.5, 0.6) is 5.75 Å². The van der Waals surface area contributed by atoms with E-state index in [1.165, 1.54) is 31.5 Å². The molecule has 1 aromatic carbocycles. The van der Waals surface area contributed by atoms with Crippen LogP contribution in [0.25, 0.3) is 0 Å². The maximum atomic E-state index is 13.5. The van der Waals surface area contributed by atoms with Gasteiger partial charge in [-0.05, 0) is 34.1 Å². The highest BCUT2D eigenvalue weighted by atomic mass is 79.9. The number of anilines is 2. The van der Waals surface area contributed by atoms with Crippen molar-refractivity contribution in [2.45, 2.75) is 0 Å². The Bertz CT molecular complexity index is 578. The quantitative estimate of drug-likeness (QED) is 0.933. The molecule has 0 aliphatic heterocycles. The van der Waals surface area contributed by atoms with Gasteiger partial charge in [0.05, 0.1) is 7.11 Å². The maximum Gasteiger partial charge on any atom is 0.167 e. The number of aromatic nitrogens is 1. The van der Waals surface area contributed by atoms with Crippen LogP contribution in [-0.4, -0.2) is 12.1 Å². The summed E-state index contributed by atoms with van der Waals surface area (Å²) in [6.07, 6.45) is 1.45. The van der Waals surface area contributed by atoms with Gasteiger partial charge in [-0.2, -0.15) is 0 Å². The molecule has 0 aliphatic carbocycles. The molecule has 0 fully saturated rings. The molecule has 1 aromatic heterocycles. The number of ether oxygens (including phenoxy) is 1. The number of halogens is 3. The fourth-order valence-corrected chi connectivity index (χ4v) is 1.69. The van der Waals surface area contributed by atoms with Gasteiger partial charge in [0.2, 0.25) is 0 Å². The second-order valence-corrected chi connectivity index (χ2v) is 4.37. The number of hydrogen-bond acceptors (Lipinski definition) is 3. The predicted octanol–water partition coefficient (Wildman–Crippen LogP) is 3.87. The zero-order chi connectivity index (χ0) is 13.1. The number of rotatable bonds is 3. The van der Waals surface area contributed by atoms with Gasteiger partial charge in [0.1, 0.15) is 0 Å². The van der Waals surface area contributed by atoms with E-state index in [9.17, 15) is 8.78 Å². The Balaban J connectivity index is 2.26. The van der Waals surface area contributed by atoms with Gasteiger partial charge < -0.3 is 10.1 Å². The van der Waals surface area contributed by atoms with E-state index < -0.39 is 11.6 Å². The van der Waals surface area contributed by atoms with Gasteiger partial charge >= 0.3 is 0 Å². The summed E-state index contributed by atoms with van der Waals surface area (Å²) < 4.78 is 32.3. The second kappa shape index (κ2) is 5.30. The Hall–Kier alpha value is -1.69. The number of nitrogens with one attached hydrogen (secondary N) is 1. The Labute approximate surface area is 111 Å². The van der Waals surface area contributed by atoms with Gasteiger partial charge in [0, 0.05) is 22.4 Å². The van der Waals surface area contributed by atoms with Crippen molar-refractivity contribution in [1.82, 2.24) is 4.98 Å². The molecule has 1 heterocycles. The van der Waals surface area contributed by atoms with E-state index in [1.807, 2.05) is 0 Å². The average Bonchev–Trinajstić information content (AvgIpc) is 2.33. The largest absolute Gasteiger partial charge is 0.494 e. The third kappa shape index (κ3) is 2.76. The number of pyridine rings is 1. The number of benzene rings is 1. The van der Waals surface area contributed by atoms with Crippen LogP contribution in [0.15, 0.2) is 34.9 Å². The summed E-state index contributed by atoms with van der Waals surface area (Å²) in [5, 5.41) is 2.69. The lowest BCUT2D eigenvalue weighted by atomic mass is 10.3. The number of nitrogens with zero attached hydrogens (tertiary/aromatic N) is 1. The first-order valence-electron chi connectivity index (χ1n) is 5.02. The van der Waals surface area contributed by atoms with E-state index >= 15 is 0 Å². The van der Waals surface area contributed by atoms with Crippen LogP contribution in [0.4, 0.5) is 20.3 Å². The second-order valence-electron chi connectivity index (χ2n) is 3.46. The summed E-state index contributed by atoms with van der Waals surface area (Å²) in [4.78, 5) is 3.86. The molecule has 0 saturated heterocycles. The molecule has 0 radical (unpaired) electrons. The van der Waals surface area contributed by atoms with Gasteiger partial charge in [0.15, 0.2) is 23.2 Å². The molecule has 0 spiro atoms.